The van der Waals surface area contributed by atoms with Gasteiger partial charge in [0, 0.05) is 6.04 Å². The monoisotopic (exact) mass is 274 g/mol. The molecule has 0 atom stereocenters. The zero-order valence-corrected chi connectivity index (χ0v) is 10.9. The van der Waals surface area contributed by atoms with Crippen LogP contribution in [0.2, 0.25) is 0 Å². The van der Waals surface area contributed by atoms with Crippen molar-refractivity contribution < 1.29 is 9.90 Å². The number of hydrogen-bond donors (Lipinski definition) is 1. The molecule has 84 valence electrons. The van der Waals surface area contributed by atoms with Crippen molar-refractivity contribution in [3.8, 4) is 0 Å². The summed E-state index contributed by atoms with van der Waals surface area (Å²) < 4.78 is 2.47. The van der Waals surface area contributed by atoms with Gasteiger partial charge in [-0.15, -0.1) is 0 Å². The van der Waals surface area contributed by atoms with Gasteiger partial charge < -0.3 is 5.11 Å². The summed E-state index contributed by atoms with van der Waals surface area (Å²) in [5, 5.41) is 13.4. The first-order chi connectivity index (χ1) is 6.78. The van der Waals surface area contributed by atoms with Gasteiger partial charge in [-0.05, 0) is 43.6 Å². The fourth-order valence-electron chi connectivity index (χ4n) is 1.42. The van der Waals surface area contributed by atoms with Crippen LogP contribution in [0.3, 0.4) is 0 Å². The number of halogens is 1. The van der Waals surface area contributed by atoms with Crippen LogP contribution < -0.4 is 0 Å². The lowest BCUT2D eigenvalue weighted by atomic mass is 9.89. The van der Waals surface area contributed by atoms with Crippen molar-refractivity contribution in [3.63, 3.8) is 0 Å². The van der Waals surface area contributed by atoms with Gasteiger partial charge in [0.25, 0.3) is 0 Å². The minimum absolute atomic E-state index is 0.143. The molecule has 0 fully saturated rings. The predicted molar refractivity (Wildman–Crippen MR) is 61.0 cm³/mol. The molecule has 0 aliphatic rings. The summed E-state index contributed by atoms with van der Waals surface area (Å²) in [6.45, 7) is 7.30. The van der Waals surface area contributed by atoms with Gasteiger partial charge in [-0.3, -0.25) is 9.48 Å². The quantitative estimate of drug-likeness (QED) is 0.922. The van der Waals surface area contributed by atoms with E-state index in [2.05, 4.69) is 21.0 Å². The molecule has 0 unspecified atom stereocenters. The van der Waals surface area contributed by atoms with Crippen LogP contribution in [0.5, 0.6) is 0 Å². The smallest absolute Gasteiger partial charge is 0.315 e. The van der Waals surface area contributed by atoms with Gasteiger partial charge in [0.05, 0.1) is 16.4 Å². The van der Waals surface area contributed by atoms with Gasteiger partial charge in [0.15, 0.2) is 0 Å². The number of aliphatic carboxylic acids is 1. The summed E-state index contributed by atoms with van der Waals surface area (Å²) in [5.74, 6) is -0.856. The predicted octanol–water partition coefficient (Wildman–Crippen LogP) is 2.59. The lowest BCUT2D eigenvalue weighted by Crippen LogP contribution is -2.32. The summed E-state index contributed by atoms with van der Waals surface area (Å²) in [4.78, 5) is 11.2. The Labute approximate surface area is 97.4 Å². The highest BCUT2D eigenvalue weighted by Crippen LogP contribution is 2.31. The van der Waals surface area contributed by atoms with Crippen molar-refractivity contribution in [2.75, 3.05) is 0 Å². The molecule has 15 heavy (non-hydrogen) atoms. The molecule has 1 N–H and O–H groups in total. The molecule has 1 rings (SSSR count). The Hall–Kier alpha value is -0.840. The van der Waals surface area contributed by atoms with Crippen LogP contribution in [-0.2, 0) is 10.2 Å². The lowest BCUT2D eigenvalue weighted by molar-refractivity contribution is -0.142. The Bertz CT molecular complexity index is 383. The molecule has 0 aliphatic heterocycles. The minimum atomic E-state index is -0.945. The number of carboxylic acids is 1. The second-order valence-corrected chi connectivity index (χ2v) is 5.16. The highest BCUT2D eigenvalue weighted by Gasteiger charge is 2.35. The zero-order chi connectivity index (χ0) is 11.8. The van der Waals surface area contributed by atoms with Gasteiger partial charge in [-0.25, -0.2) is 0 Å². The van der Waals surface area contributed by atoms with E-state index in [1.807, 2.05) is 13.8 Å². The van der Waals surface area contributed by atoms with Crippen LogP contribution in [0.15, 0.2) is 10.7 Å². The summed E-state index contributed by atoms with van der Waals surface area (Å²) >= 11 is 3.34. The summed E-state index contributed by atoms with van der Waals surface area (Å²) in [6, 6.07) is 0.143. The highest BCUT2D eigenvalue weighted by molar-refractivity contribution is 9.10. The Balaban J connectivity index is 3.35. The Morgan fingerprint density at radius 3 is 2.53 bits per heavy atom. The van der Waals surface area contributed by atoms with Crippen molar-refractivity contribution in [2.24, 2.45) is 0 Å². The molecule has 0 bridgehead atoms. The van der Waals surface area contributed by atoms with Crippen molar-refractivity contribution in [1.29, 1.82) is 0 Å². The average Bonchev–Trinajstić information content (AvgIpc) is 2.47. The van der Waals surface area contributed by atoms with E-state index in [1.165, 1.54) is 0 Å². The third-order valence-electron chi connectivity index (χ3n) is 2.37. The molecule has 1 aromatic heterocycles. The first-order valence-corrected chi connectivity index (χ1v) is 5.54. The van der Waals surface area contributed by atoms with Gasteiger partial charge in [0.2, 0.25) is 0 Å². The van der Waals surface area contributed by atoms with Crippen LogP contribution in [0.25, 0.3) is 0 Å². The molecule has 0 spiro atoms. The normalized spacial score (nSPS) is 12.1. The molecule has 0 aliphatic carbocycles. The van der Waals surface area contributed by atoms with E-state index in [-0.39, 0.29) is 6.04 Å². The van der Waals surface area contributed by atoms with Crippen LogP contribution in [0, 0.1) is 0 Å². The first kappa shape index (κ1) is 12.2. The fourth-order valence-corrected chi connectivity index (χ4v) is 2.19. The lowest BCUT2D eigenvalue weighted by Gasteiger charge is -2.23. The molecule has 0 saturated carbocycles. The number of carbonyl (C=O) groups is 1. The summed E-state index contributed by atoms with van der Waals surface area (Å²) in [5.41, 5.74) is -0.246. The largest absolute Gasteiger partial charge is 0.481 e. The van der Waals surface area contributed by atoms with Crippen molar-refractivity contribution >= 4 is 21.9 Å². The van der Waals surface area contributed by atoms with Gasteiger partial charge in [-0.1, -0.05) is 0 Å². The molecular formula is C10H15BrN2O2. The molecule has 0 aromatic carbocycles. The maximum atomic E-state index is 11.2. The van der Waals surface area contributed by atoms with Crippen LogP contribution in [0.4, 0.5) is 0 Å². The number of hydrogen-bond acceptors (Lipinski definition) is 2. The number of carboxylic acid groups (broad SMARTS) is 1. The SMILES string of the molecule is CC(C)n1ncc(Br)c1C(C)(C)C(=O)O. The molecular weight excluding hydrogens is 260 g/mol. The maximum Gasteiger partial charge on any atom is 0.315 e. The van der Waals surface area contributed by atoms with E-state index in [9.17, 15) is 9.90 Å². The number of aromatic nitrogens is 2. The molecule has 5 heteroatoms. The standard InChI is InChI=1S/C10H15BrN2O2/c1-6(2)13-8(7(11)5-12-13)10(3,4)9(14)15/h5-6H,1-4H3,(H,14,15). The highest BCUT2D eigenvalue weighted by atomic mass is 79.9. The summed E-state index contributed by atoms with van der Waals surface area (Å²) in [6.07, 6.45) is 1.64. The summed E-state index contributed by atoms with van der Waals surface area (Å²) in [7, 11) is 0. The zero-order valence-electron chi connectivity index (χ0n) is 9.28. The third-order valence-corrected chi connectivity index (χ3v) is 2.95. The molecule has 4 nitrogen and oxygen atoms in total. The molecule has 0 saturated heterocycles. The minimum Gasteiger partial charge on any atom is -0.481 e. The van der Waals surface area contributed by atoms with Gasteiger partial charge in [-0.2, -0.15) is 5.10 Å². The Kier molecular flexibility index (Phi) is 3.23. The topological polar surface area (TPSA) is 55.1 Å². The van der Waals surface area contributed by atoms with E-state index >= 15 is 0 Å². The molecule has 0 radical (unpaired) electrons. The molecule has 1 aromatic rings. The average molecular weight is 275 g/mol. The van der Waals surface area contributed by atoms with Crippen LogP contribution in [-0.4, -0.2) is 20.9 Å². The number of rotatable bonds is 3. The Morgan fingerprint density at radius 1 is 1.60 bits per heavy atom. The van der Waals surface area contributed by atoms with Crippen molar-refractivity contribution in [1.82, 2.24) is 9.78 Å². The third kappa shape index (κ3) is 2.07. The maximum absolute atomic E-state index is 11.2. The van der Waals surface area contributed by atoms with E-state index in [0.29, 0.717) is 5.69 Å². The second kappa shape index (κ2) is 3.96. The second-order valence-electron chi connectivity index (χ2n) is 4.31. The first-order valence-electron chi connectivity index (χ1n) is 4.75. The van der Waals surface area contributed by atoms with Gasteiger partial charge in [0.1, 0.15) is 5.41 Å². The van der Waals surface area contributed by atoms with Crippen LogP contribution in [0.1, 0.15) is 39.4 Å². The molecule has 0 amide bonds. The fraction of sp³-hybridized carbons (Fsp3) is 0.600. The van der Waals surface area contributed by atoms with Crippen LogP contribution >= 0.6 is 15.9 Å². The van der Waals surface area contributed by atoms with E-state index < -0.39 is 11.4 Å². The van der Waals surface area contributed by atoms with Crippen molar-refractivity contribution in [2.45, 2.75) is 39.2 Å². The van der Waals surface area contributed by atoms with Crippen molar-refractivity contribution in [3.05, 3.63) is 16.4 Å². The molecule has 1 heterocycles. The van der Waals surface area contributed by atoms with E-state index in [4.69, 9.17) is 0 Å². The van der Waals surface area contributed by atoms with E-state index in [1.54, 1.807) is 24.7 Å². The Morgan fingerprint density at radius 2 is 2.13 bits per heavy atom. The number of nitrogens with zero attached hydrogens (tertiary/aromatic N) is 2. The van der Waals surface area contributed by atoms with Gasteiger partial charge >= 0.3 is 5.97 Å². The van der Waals surface area contributed by atoms with E-state index in [0.717, 1.165) is 4.47 Å².